The lowest BCUT2D eigenvalue weighted by atomic mass is 9.94. The molecule has 1 unspecified atom stereocenters. The normalized spacial score (nSPS) is 18.0. The summed E-state index contributed by atoms with van der Waals surface area (Å²) in [6.07, 6.45) is -0.864. The molecule has 0 spiro atoms. The molecule has 15 heteroatoms. The van der Waals surface area contributed by atoms with Crippen LogP contribution in [-0.2, 0) is 24.0 Å². The lowest BCUT2D eigenvalue weighted by molar-refractivity contribution is -0.154. The highest BCUT2D eigenvalue weighted by atomic mass is 32.2. The third kappa shape index (κ3) is 5.25. The van der Waals surface area contributed by atoms with Gasteiger partial charge in [-0.25, -0.2) is 9.78 Å². The minimum Gasteiger partial charge on any atom is -0.448 e. The van der Waals surface area contributed by atoms with E-state index in [1.54, 1.807) is 48.5 Å². The number of benzene rings is 2. The molecule has 0 aliphatic carbocycles. The van der Waals surface area contributed by atoms with Gasteiger partial charge < -0.3 is 26.4 Å². The number of β-lactam (4-membered cyclic amide) rings is 1. The number of rotatable bonds is 9. The van der Waals surface area contributed by atoms with E-state index in [1.807, 2.05) is 12.1 Å². The zero-order valence-corrected chi connectivity index (χ0v) is 25.1. The Morgan fingerprint density at radius 3 is 2.22 bits per heavy atom. The molecule has 6 rings (SSSR count). The zero-order valence-electron chi connectivity index (χ0n) is 23.5. The summed E-state index contributed by atoms with van der Waals surface area (Å²) < 4.78 is 6.05. The molecular formula is C30H24N6O7S2. The van der Waals surface area contributed by atoms with Crippen LogP contribution in [0, 0.1) is 0 Å². The molecule has 1 aromatic heterocycles. The Balaban J connectivity index is 1.34. The number of hydrogen-bond acceptors (Lipinski definition) is 13. The van der Waals surface area contributed by atoms with Crippen LogP contribution in [0.4, 0.5) is 10.8 Å². The number of oxime groups is 1. The summed E-state index contributed by atoms with van der Waals surface area (Å²) in [5, 5.41) is 7.36. The molecule has 2 atom stereocenters. The second-order valence-electron chi connectivity index (χ2n) is 9.94. The Kier molecular flexibility index (Phi) is 7.95. The van der Waals surface area contributed by atoms with E-state index < -0.39 is 46.2 Å². The molecule has 1 saturated heterocycles. The van der Waals surface area contributed by atoms with Gasteiger partial charge in [-0.15, -0.1) is 23.1 Å². The number of fused-ring (bicyclic) bond motifs is 1. The van der Waals surface area contributed by atoms with Crippen LogP contribution in [0.2, 0.25) is 0 Å². The molecule has 45 heavy (non-hydrogen) atoms. The van der Waals surface area contributed by atoms with E-state index >= 15 is 0 Å². The molecule has 5 N–H and O–H groups in total. The third-order valence-corrected chi connectivity index (χ3v) is 9.24. The Morgan fingerprint density at radius 2 is 1.67 bits per heavy atom. The molecule has 13 nitrogen and oxygen atoms in total. The highest BCUT2D eigenvalue weighted by Crippen LogP contribution is 2.44. The van der Waals surface area contributed by atoms with Crippen molar-refractivity contribution in [3.05, 3.63) is 115 Å². The van der Waals surface area contributed by atoms with Gasteiger partial charge in [0.25, 0.3) is 11.8 Å². The molecule has 1 fully saturated rings. The number of aromatic nitrogens is 1. The second kappa shape index (κ2) is 12.0. The first-order valence-electron chi connectivity index (χ1n) is 13.4. The smallest absolute Gasteiger partial charge is 0.356 e. The van der Waals surface area contributed by atoms with Gasteiger partial charge in [0, 0.05) is 16.7 Å². The largest absolute Gasteiger partial charge is 0.448 e. The molecule has 2 aliphatic rings. The highest BCUT2D eigenvalue weighted by Gasteiger charge is 2.55. The van der Waals surface area contributed by atoms with Crippen molar-refractivity contribution in [1.82, 2.24) is 15.2 Å². The quantitative estimate of drug-likeness (QED) is 0.0783. The van der Waals surface area contributed by atoms with Crippen molar-refractivity contribution < 1.29 is 24.0 Å². The monoisotopic (exact) mass is 644 g/mol. The van der Waals surface area contributed by atoms with Crippen molar-refractivity contribution in [2.24, 2.45) is 5.16 Å². The molecule has 0 radical (unpaired) electrons. The molecule has 0 saturated carbocycles. The topological polar surface area (TPSA) is 196 Å². The maximum Gasteiger partial charge on any atom is 0.356 e. The molecule has 4 aromatic rings. The first-order chi connectivity index (χ1) is 21.7. The number of nitrogen functional groups attached to an aromatic ring is 2. The number of anilines is 2. The molecular weight excluding hydrogens is 620 g/mol. The van der Waals surface area contributed by atoms with Gasteiger partial charge in [0.05, 0.1) is 11.3 Å². The number of ether oxygens (including phenoxy) is 1. The lowest BCUT2D eigenvalue weighted by Crippen LogP contribution is -2.71. The van der Waals surface area contributed by atoms with Crippen LogP contribution in [0.5, 0.6) is 0 Å². The van der Waals surface area contributed by atoms with Gasteiger partial charge in [0.2, 0.25) is 10.9 Å². The highest BCUT2D eigenvalue weighted by molar-refractivity contribution is 8.00. The van der Waals surface area contributed by atoms with Crippen LogP contribution in [0.15, 0.2) is 86.5 Å². The van der Waals surface area contributed by atoms with Gasteiger partial charge in [-0.05, 0) is 11.1 Å². The maximum absolute atomic E-state index is 14.1. The lowest BCUT2D eigenvalue weighted by Gasteiger charge is -2.49. The summed E-state index contributed by atoms with van der Waals surface area (Å²) in [7, 11) is 1.26. The second-order valence-corrected chi connectivity index (χ2v) is 11.9. The summed E-state index contributed by atoms with van der Waals surface area (Å²) >= 11 is 2.28. The maximum atomic E-state index is 14.1. The predicted octanol–water partition coefficient (Wildman–Crippen LogP) is 1.40. The number of nitrogens with zero attached hydrogens (tertiary/aromatic N) is 3. The van der Waals surface area contributed by atoms with Crippen molar-refractivity contribution in [3.8, 4) is 0 Å². The SMILES string of the molecule is CO/N=C(/C(=O)NC1C(=O)N2C(C(=O)OC(c3ccccc3)c3ccccc3)=C(c3c(N)c(=O)c3=O)CS[C@H]12)c1csc(N)n1. The average Bonchev–Trinajstić information content (AvgIpc) is 3.50. The number of thiazole rings is 1. The summed E-state index contributed by atoms with van der Waals surface area (Å²) in [6.45, 7) is 0. The van der Waals surface area contributed by atoms with Gasteiger partial charge in [-0.3, -0.25) is 24.1 Å². The number of thioether (sulfide) groups is 1. The van der Waals surface area contributed by atoms with Crippen LogP contribution in [0.1, 0.15) is 28.5 Å². The first-order valence-corrected chi connectivity index (χ1v) is 15.3. The van der Waals surface area contributed by atoms with Crippen LogP contribution in [0.3, 0.4) is 0 Å². The van der Waals surface area contributed by atoms with Gasteiger partial charge in [-0.1, -0.05) is 65.8 Å². The summed E-state index contributed by atoms with van der Waals surface area (Å²) in [6, 6.07) is 17.0. The number of nitrogens with two attached hydrogens (primary N) is 2. The summed E-state index contributed by atoms with van der Waals surface area (Å²) in [5.41, 5.74) is 10.7. The third-order valence-electron chi connectivity index (χ3n) is 7.29. The fourth-order valence-corrected chi connectivity index (χ4v) is 7.06. The Hall–Kier alpha value is -5.28. The Bertz CT molecular complexity index is 1910. The van der Waals surface area contributed by atoms with Crippen molar-refractivity contribution in [2.75, 3.05) is 24.3 Å². The van der Waals surface area contributed by atoms with Crippen molar-refractivity contribution in [2.45, 2.75) is 17.5 Å². The van der Waals surface area contributed by atoms with Crippen molar-refractivity contribution in [3.63, 3.8) is 0 Å². The number of hydrogen-bond donors (Lipinski definition) is 3. The molecule has 2 amide bonds. The number of carbonyl (C=O) groups is 3. The van der Waals surface area contributed by atoms with Crippen LogP contribution in [0.25, 0.3) is 5.57 Å². The van der Waals surface area contributed by atoms with Crippen molar-refractivity contribution in [1.29, 1.82) is 0 Å². The molecule has 0 bridgehead atoms. The predicted molar refractivity (Wildman–Crippen MR) is 169 cm³/mol. The summed E-state index contributed by atoms with van der Waals surface area (Å²) in [4.78, 5) is 75.6. The number of amides is 2. The molecule has 3 heterocycles. The van der Waals surface area contributed by atoms with Gasteiger partial charge in [-0.2, -0.15) is 0 Å². The fourth-order valence-electron chi connectivity index (χ4n) is 5.16. The first kappa shape index (κ1) is 29.8. The zero-order chi connectivity index (χ0) is 31.8. The van der Waals surface area contributed by atoms with Gasteiger partial charge >= 0.3 is 5.97 Å². The van der Waals surface area contributed by atoms with Crippen LogP contribution >= 0.6 is 23.1 Å². The van der Waals surface area contributed by atoms with Gasteiger partial charge in [0.1, 0.15) is 29.9 Å². The van der Waals surface area contributed by atoms with E-state index in [-0.39, 0.29) is 44.8 Å². The van der Waals surface area contributed by atoms with Crippen molar-refractivity contribution >= 4 is 63.0 Å². The van der Waals surface area contributed by atoms with E-state index in [0.717, 1.165) is 16.2 Å². The van der Waals surface area contributed by atoms with Crippen LogP contribution < -0.4 is 27.6 Å². The minimum atomic E-state index is -1.08. The number of nitrogens with one attached hydrogen (secondary N) is 1. The van der Waals surface area contributed by atoms with E-state index in [4.69, 9.17) is 21.0 Å². The fraction of sp³-hybridized carbons (Fsp3) is 0.167. The van der Waals surface area contributed by atoms with E-state index in [1.165, 1.54) is 24.3 Å². The Labute approximate surface area is 263 Å². The average molecular weight is 645 g/mol. The number of esters is 1. The number of carbonyl (C=O) groups excluding carboxylic acids is 3. The molecule has 2 aliphatic heterocycles. The van der Waals surface area contributed by atoms with Crippen LogP contribution in [-0.4, -0.2) is 57.7 Å². The molecule has 228 valence electrons. The standard InChI is InChI=1S/C30H24N6O7S2/c1-42-35-20(17-13-45-30(32)33-17)26(39)34-21-27(40)36-22(16(12-44-28(21)36)18-19(31)24(38)23(18)37)29(41)43-25(14-8-4-2-5-9-14)15-10-6-3-7-11-15/h2-11,13,21,25,28H,12,31H2,1H3,(H2,32,33)(H,34,39)/b35-20+/t21?,28-/m1/s1. The van der Waals surface area contributed by atoms with E-state index in [2.05, 4.69) is 15.5 Å². The minimum absolute atomic E-state index is 0.0310. The van der Waals surface area contributed by atoms with E-state index in [0.29, 0.717) is 11.1 Å². The Morgan fingerprint density at radius 1 is 1.02 bits per heavy atom. The molecule has 3 aromatic carbocycles. The van der Waals surface area contributed by atoms with E-state index in [9.17, 15) is 24.0 Å². The van der Waals surface area contributed by atoms with Gasteiger partial charge in [0.15, 0.2) is 16.9 Å². The summed E-state index contributed by atoms with van der Waals surface area (Å²) in [5.74, 6) is -2.27.